The van der Waals surface area contributed by atoms with Gasteiger partial charge >= 0.3 is 0 Å². The van der Waals surface area contributed by atoms with Gasteiger partial charge in [-0.2, -0.15) is 0 Å². The zero-order chi connectivity index (χ0) is 9.14. The SMILES string of the molecule is CC(=O)C(C)Cc1nc(C)cs1. The Morgan fingerprint density at radius 1 is 1.75 bits per heavy atom. The van der Waals surface area contributed by atoms with Crippen molar-refractivity contribution in [1.29, 1.82) is 0 Å². The minimum absolute atomic E-state index is 0.107. The average Bonchev–Trinajstić information content (AvgIpc) is 2.35. The highest BCUT2D eigenvalue weighted by Gasteiger charge is 2.10. The summed E-state index contributed by atoms with van der Waals surface area (Å²) in [6.07, 6.45) is 0.786. The summed E-state index contributed by atoms with van der Waals surface area (Å²) in [5, 5.41) is 3.08. The van der Waals surface area contributed by atoms with E-state index in [2.05, 4.69) is 4.98 Å². The summed E-state index contributed by atoms with van der Waals surface area (Å²) in [6, 6.07) is 0. The highest BCUT2D eigenvalue weighted by atomic mass is 32.1. The van der Waals surface area contributed by atoms with Crippen LogP contribution < -0.4 is 0 Å². The zero-order valence-corrected chi connectivity index (χ0v) is 8.44. The maximum absolute atomic E-state index is 10.9. The molecular weight excluding hydrogens is 170 g/mol. The van der Waals surface area contributed by atoms with Gasteiger partial charge in [0, 0.05) is 23.4 Å². The first kappa shape index (κ1) is 9.39. The van der Waals surface area contributed by atoms with Crippen molar-refractivity contribution in [3.05, 3.63) is 16.1 Å². The second kappa shape index (κ2) is 3.81. The molecule has 1 heterocycles. The van der Waals surface area contributed by atoms with Crippen molar-refractivity contribution in [2.24, 2.45) is 5.92 Å². The van der Waals surface area contributed by atoms with E-state index in [1.54, 1.807) is 18.3 Å². The van der Waals surface area contributed by atoms with Gasteiger partial charge in [0.25, 0.3) is 0 Å². The third kappa shape index (κ3) is 2.41. The number of aryl methyl sites for hydroxylation is 1. The molecule has 12 heavy (non-hydrogen) atoms. The van der Waals surface area contributed by atoms with Crippen molar-refractivity contribution < 1.29 is 4.79 Å². The van der Waals surface area contributed by atoms with Gasteiger partial charge in [-0.25, -0.2) is 4.98 Å². The van der Waals surface area contributed by atoms with Crippen LogP contribution in [0.2, 0.25) is 0 Å². The lowest BCUT2D eigenvalue weighted by atomic mass is 10.1. The van der Waals surface area contributed by atoms with E-state index < -0.39 is 0 Å². The summed E-state index contributed by atoms with van der Waals surface area (Å²) in [7, 11) is 0. The van der Waals surface area contributed by atoms with Gasteiger partial charge in [-0.3, -0.25) is 4.79 Å². The fourth-order valence-electron chi connectivity index (χ4n) is 0.902. The highest BCUT2D eigenvalue weighted by molar-refractivity contribution is 7.09. The molecule has 0 aliphatic heterocycles. The van der Waals surface area contributed by atoms with E-state index in [4.69, 9.17) is 0 Å². The fourth-order valence-corrected chi connectivity index (χ4v) is 1.80. The molecule has 0 N–H and O–H groups in total. The van der Waals surface area contributed by atoms with Gasteiger partial charge in [-0.1, -0.05) is 6.92 Å². The van der Waals surface area contributed by atoms with Gasteiger partial charge in [-0.05, 0) is 13.8 Å². The van der Waals surface area contributed by atoms with Crippen molar-refractivity contribution >= 4 is 17.1 Å². The van der Waals surface area contributed by atoms with Crippen molar-refractivity contribution in [3.8, 4) is 0 Å². The second-order valence-electron chi connectivity index (χ2n) is 3.10. The molecule has 3 heteroatoms. The molecule has 1 unspecified atom stereocenters. The van der Waals surface area contributed by atoms with Crippen LogP contribution in [-0.2, 0) is 11.2 Å². The van der Waals surface area contributed by atoms with Gasteiger partial charge in [0.15, 0.2) is 0 Å². The quantitative estimate of drug-likeness (QED) is 0.719. The Morgan fingerprint density at radius 2 is 2.42 bits per heavy atom. The van der Waals surface area contributed by atoms with Gasteiger partial charge in [0.05, 0.1) is 5.01 Å². The first-order valence-corrected chi connectivity index (χ1v) is 4.89. The predicted molar refractivity (Wildman–Crippen MR) is 50.4 cm³/mol. The number of aromatic nitrogens is 1. The van der Waals surface area contributed by atoms with Crippen LogP contribution in [0.1, 0.15) is 24.5 Å². The number of nitrogens with zero attached hydrogens (tertiary/aromatic N) is 1. The third-order valence-corrected chi connectivity index (χ3v) is 2.83. The molecule has 0 saturated carbocycles. The Labute approximate surface area is 76.6 Å². The van der Waals surface area contributed by atoms with Crippen LogP contribution in [0.25, 0.3) is 0 Å². The lowest BCUT2D eigenvalue weighted by Crippen LogP contribution is -2.09. The summed E-state index contributed by atoms with van der Waals surface area (Å²) >= 11 is 1.63. The standard InChI is InChI=1S/C9H13NOS/c1-6(8(3)11)4-9-10-7(2)5-12-9/h5-6H,4H2,1-3H3. The Bertz CT molecular complexity index is 280. The van der Waals surface area contributed by atoms with E-state index in [0.717, 1.165) is 17.1 Å². The van der Waals surface area contributed by atoms with Crippen molar-refractivity contribution in [1.82, 2.24) is 4.98 Å². The zero-order valence-electron chi connectivity index (χ0n) is 7.63. The van der Waals surface area contributed by atoms with Crippen molar-refractivity contribution in [2.75, 3.05) is 0 Å². The molecule has 0 aliphatic carbocycles. The number of carbonyl (C=O) groups excluding carboxylic acids is 1. The van der Waals surface area contributed by atoms with Gasteiger partial charge in [0.2, 0.25) is 0 Å². The summed E-state index contributed by atoms with van der Waals surface area (Å²) in [5.41, 5.74) is 1.05. The number of hydrogen-bond acceptors (Lipinski definition) is 3. The maximum atomic E-state index is 10.9. The summed E-state index contributed by atoms with van der Waals surface area (Å²) < 4.78 is 0. The highest BCUT2D eigenvalue weighted by Crippen LogP contribution is 2.14. The topological polar surface area (TPSA) is 30.0 Å². The monoisotopic (exact) mass is 183 g/mol. The number of hydrogen-bond donors (Lipinski definition) is 0. The van der Waals surface area contributed by atoms with Gasteiger partial charge in [0.1, 0.15) is 5.78 Å². The van der Waals surface area contributed by atoms with E-state index in [1.807, 2.05) is 19.2 Å². The average molecular weight is 183 g/mol. The molecule has 0 radical (unpaired) electrons. The summed E-state index contributed by atoms with van der Waals surface area (Å²) in [4.78, 5) is 15.2. The summed E-state index contributed by atoms with van der Waals surface area (Å²) in [5.74, 6) is 0.346. The molecule has 0 bridgehead atoms. The first-order valence-electron chi connectivity index (χ1n) is 4.01. The lowest BCUT2D eigenvalue weighted by molar-refractivity contribution is -0.120. The predicted octanol–water partition coefficient (Wildman–Crippen LogP) is 2.22. The van der Waals surface area contributed by atoms with Gasteiger partial charge < -0.3 is 0 Å². The first-order chi connectivity index (χ1) is 5.59. The number of carbonyl (C=O) groups is 1. The number of Topliss-reactive ketones (excluding diaryl/α,β-unsaturated/α-hetero) is 1. The maximum Gasteiger partial charge on any atom is 0.133 e. The number of thiazole rings is 1. The van der Waals surface area contributed by atoms with Crippen LogP contribution in [0.15, 0.2) is 5.38 Å². The molecule has 0 fully saturated rings. The largest absolute Gasteiger partial charge is 0.300 e. The number of rotatable bonds is 3. The molecule has 0 amide bonds. The van der Waals surface area contributed by atoms with Crippen LogP contribution in [0, 0.1) is 12.8 Å². The Kier molecular flexibility index (Phi) is 2.98. The van der Waals surface area contributed by atoms with Gasteiger partial charge in [-0.15, -0.1) is 11.3 Å². The normalized spacial score (nSPS) is 12.9. The number of ketones is 1. The molecule has 1 aromatic heterocycles. The summed E-state index contributed by atoms with van der Waals surface area (Å²) in [6.45, 7) is 5.54. The minimum Gasteiger partial charge on any atom is -0.300 e. The van der Waals surface area contributed by atoms with Crippen LogP contribution in [0.4, 0.5) is 0 Å². The van der Waals surface area contributed by atoms with E-state index in [-0.39, 0.29) is 11.7 Å². The van der Waals surface area contributed by atoms with E-state index in [9.17, 15) is 4.79 Å². The molecule has 2 nitrogen and oxygen atoms in total. The minimum atomic E-state index is 0.107. The lowest BCUT2D eigenvalue weighted by Gasteiger charge is -2.02. The molecule has 1 atom stereocenters. The molecule has 66 valence electrons. The molecule has 0 spiro atoms. The molecule has 0 aromatic carbocycles. The van der Waals surface area contributed by atoms with E-state index in [0.29, 0.717) is 0 Å². The van der Waals surface area contributed by atoms with E-state index in [1.165, 1.54) is 0 Å². The van der Waals surface area contributed by atoms with Crippen LogP contribution in [0.3, 0.4) is 0 Å². The molecule has 0 aliphatic rings. The molecular formula is C9H13NOS. The Hall–Kier alpha value is -0.700. The van der Waals surface area contributed by atoms with E-state index >= 15 is 0 Å². The van der Waals surface area contributed by atoms with Crippen molar-refractivity contribution in [2.45, 2.75) is 27.2 Å². The van der Waals surface area contributed by atoms with Crippen LogP contribution in [-0.4, -0.2) is 10.8 Å². The smallest absolute Gasteiger partial charge is 0.133 e. The Morgan fingerprint density at radius 3 is 2.83 bits per heavy atom. The molecule has 0 saturated heterocycles. The second-order valence-corrected chi connectivity index (χ2v) is 4.04. The van der Waals surface area contributed by atoms with Crippen molar-refractivity contribution in [3.63, 3.8) is 0 Å². The Balaban J connectivity index is 2.58. The third-order valence-electron chi connectivity index (χ3n) is 1.84. The molecule has 1 rings (SSSR count). The molecule has 1 aromatic rings. The fraction of sp³-hybridized carbons (Fsp3) is 0.556. The van der Waals surface area contributed by atoms with Crippen LogP contribution in [0.5, 0.6) is 0 Å². The van der Waals surface area contributed by atoms with Crippen LogP contribution >= 0.6 is 11.3 Å².